The van der Waals surface area contributed by atoms with E-state index in [1.54, 1.807) is 23.9 Å². The lowest BCUT2D eigenvalue weighted by molar-refractivity contribution is 0.0696. The van der Waals surface area contributed by atoms with E-state index in [2.05, 4.69) is 40.0 Å². The molecule has 0 aromatic carbocycles. The van der Waals surface area contributed by atoms with Crippen LogP contribution in [0, 0.1) is 6.92 Å². The summed E-state index contributed by atoms with van der Waals surface area (Å²) >= 11 is 0. The minimum atomic E-state index is -1.22. The van der Waals surface area contributed by atoms with Crippen molar-refractivity contribution in [2.45, 2.75) is 39.3 Å². The van der Waals surface area contributed by atoms with Gasteiger partial charge in [-0.1, -0.05) is 19.6 Å². The third kappa shape index (κ3) is 5.69. The van der Waals surface area contributed by atoms with Gasteiger partial charge in [-0.25, -0.2) is 9.78 Å². The number of aromatic carboxylic acids is 1. The van der Waals surface area contributed by atoms with Crippen molar-refractivity contribution in [3.05, 3.63) is 59.8 Å². The molecule has 0 aliphatic rings. The highest BCUT2D eigenvalue weighted by molar-refractivity contribution is 6.76. The Morgan fingerprint density at radius 1 is 1.08 bits per heavy atom. The lowest BCUT2D eigenvalue weighted by atomic mass is 10.2. The van der Waals surface area contributed by atoms with Crippen molar-refractivity contribution in [2.75, 3.05) is 11.9 Å². The predicted octanol–water partition coefficient (Wildman–Crippen LogP) is 4.40. The molecule has 4 heterocycles. The average Bonchev–Trinajstić information content (AvgIpc) is 3.40. The normalized spacial score (nSPS) is 11.7. The molecule has 4 aromatic heterocycles. The highest BCUT2D eigenvalue weighted by atomic mass is 28.3. The molecular formula is C25H30N6O4Si. The van der Waals surface area contributed by atoms with Gasteiger partial charge in [-0.05, 0) is 31.2 Å². The van der Waals surface area contributed by atoms with Gasteiger partial charge in [-0.15, -0.1) is 0 Å². The molecule has 0 saturated carbocycles. The van der Waals surface area contributed by atoms with E-state index in [0.29, 0.717) is 35.9 Å². The zero-order valence-electron chi connectivity index (χ0n) is 21.1. The number of aromatic nitrogens is 5. The maximum absolute atomic E-state index is 13.0. The highest BCUT2D eigenvalue weighted by Crippen LogP contribution is 2.28. The summed E-state index contributed by atoms with van der Waals surface area (Å²) in [5.74, 6) is -1.52. The molecule has 36 heavy (non-hydrogen) atoms. The van der Waals surface area contributed by atoms with Crippen molar-refractivity contribution in [1.82, 2.24) is 24.3 Å². The fourth-order valence-corrected chi connectivity index (χ4v) is 4.46. The van der Waals surface area contributed by atoms with Gasteiger partial charge in [0.1, 0.15) is 12.4 Å². The van der Waals surface area contributed by atoms with E-state index in [0.717, 1.165) is 22.7 Å². The van der Waals surface area contributed by atoms with Crippen LogP contribution in [0.25, 0.3) is 22.3 Å². The van der Waals surface area contributed by atoms with E-state index in [4.69, 9.17) is 4.74 Å². The van der Waals surface area contributed by atoms with E-state index >= 15 is 0 Å². The number of aryl methyl sites for hydroxylation is 2. The summed E-state index contributed by atoms with van der Waals surface area (Å²) in [6.45, 7) is 9.64. The van der Waals surface area contributed by atoms with Crippen molar-refractivity contribution in [2.24, 2.45) is 7.05 Å². The number of carbonyl (C=O) groups is 2. The summed E-state index contributed by atoms with van der Waals surface area (Å²) in [5, 5.41) is 17.1. The van der Waals surface area contributed by atoms with Crippen LogP contribution in [0.1, 0.15) is 26.4 Å². The molecule has 0 radical (unpaired) electrons. The van der Waals surface area contributed by atoms with Crippen LogP contribution in [0.2, 0.25) is 25.7 Å². The highest BCUT2D eigenvalue weighted by Gasteiger charge is 2.18. The molecule has 2 N–H and O–H groups in total. The number of fused-ring (bicyclic) bond motifs is 1. The minimum absolute atomic E-state index is 0.00297. The Kier molecular flexibility index (Phi) is 7.04. The van der Waals surface area contributed by atoms with E-state index in [1.807, 2.05) is 23.9 Å². The number of nitrogens with zero attached hydrogens (tertiary/aromatic N) is 5. The monoisotopic (exact) mass is 506 g/mol. The molecule has 0 aliphatic carbocycles. The molecule has 10 nitrogen and oxygen atoms in total. The third-order valence-electron chi connectivity index (χ3n) is 5.80. The number of carboxylic acid groups (broad SMARTS) is 1. The van der Waals surface area contributed by atoms with Crippen LogP contribution < -0.4 is 5.32 Å². The molecule has 188 valence electrons. The van der Waals surface area contributed by atoms with Gasteiger partial charge in [0.15, 0.2) is 0 Å². The van der Waals surface area contributed by atoms with Crippen LogP contribution in [-0.2, 0) is 18.5 Å². The molecule has 0 saturated heterocycles. The second-order valence-corrected chi connectivity index (χ2v) is 15.6. The van der Waals surface area contributed by atoms with E-state index in [-0.39, 0.29) is 5.56 Å². The minimum Gasteiger partial charge on any atom is -0.478 e. The smallest absolute Gasteiger partial charge is 0.337 e. The first-order valence-corrected chi connectivity index (χ1v) is 15.3. The Morgan fingerprint density at radius 3 is 2.50 bits per heavy atom. The average molecular weight is 507 g/mol. The van der Waals surface area contributed by atoms with Gasteiger partial charge < -0.3 is 19.7 Å². The second-order valence-electron chi connectivity index (χ2n) is 9.96. The molecule has 11 heteroatoms. The summed E-state index contributed by atoms with van der Waals surface area (Å²) in [7, 11) is 0.641. The standard InChI is InChI=1S/C25H30N6O4Si/c1-16-21(9-19(12-26-16)25(33)34)29-24(32)18-8-17-10-22(20-13-28-30(2)14-20)31(23(17)27-11-18)15-35-6-7-36(3,4)5/h8-14H,6-7,15H2,1-5H3,(H,29,32)(H,33,34). The molecule has 0 aliphatic heterocycles. The van der Waals surface area contributed by atoms with Gasteiger partial charge in [-0.3, -0.25) is 14.5 Å². The zero-order chi connectivity index (χ0) is 26.0. The second kappa shape index (κ2) is 10.0. The van der Waals surface area contributed by atoms with Crippen molar-refractivity contribution in [1.29, 1.82) is 0 Å². The number of hydrogen-bond donors (Lipinski definition) is 2. The van der Waals surface area contributed by atoms with Crippen LogP contribution in [0.15, 0.2) is 43.0 Å². The molecule has 4 aromatic rings. The summed E-state index contributed by atoms with van der Waals surface area (Å²) in [6, 6.07) is 6.18. The predicted molar refractivity (Wildman–Crippen MR) is 140 cm³/mol. The summed E-state index contributed by atoms with van der Waals surface area (Å²) in [6.07, 6.45) is 6.47. The van der Waals surface area contributed by atoms with Gasteiger partial charge >= 0.3 is 5.97 Å². The Hall–Kier alpha value is -3.83. The number of pyridine rings is 2. The lowest BCUT2D eigenvalue weighted by Gasteiger charge is -2.16. The first-order chi connectivity index (χ1) is 17.0. The number of rotatable bonds is 9. The van der Waals surface area contributed by atoms with Crippen molar-refractivity contribution >= 4 is 36.7 Å². The SMILES string of the molecule is Cc1ncc(C(=O)O)cc1NC(=O)c1cnc2c(c1)cc(-c1cnn(C)c1)n2COCC[Si](C)(C)C. The third-order valence-corrected chi connectivity index (χ3v) is 7.50. The molecule has 0 spiro atoms. The number of anilines is 1. The largest absolute Gasteiger partial charge is 0.478 e. The number of carbonyl (C=O) groups excluding carboxylic acids is 1. The number of ether oxygens (including phenoxy) is 1. The topological polar surface area (TPSA) is 124 Å². The van der Waals surface area contributed by atoms with Crippen LogP contribution in [0.4, 0.5) is 5.69 Å². The van der Waals surface area contributed by atoms with E-state index in [1.165, 1.54) is 18.5 Å². The number of nitrogens with one attached hydrogen (secondary N) is 1. The molecule has 4 rings (SSSR count). The first-order valence-electron chi connectivity index (χ1n) is 11.6. The van der Waals surface area contributed by atoms with Crippen molar-refractivity contribution in [3.8, 4) is 11.3 Å². The van der Waals surface area contributed by atoms with Gasteiger partial charge in [0.2, 0.25) is 0 Å². The maximum atomic E-state index is 13.0. The maximum Gasteiger partial charge on any atom is 0.337 e. The summed E-state index contributed by atoms with van der Waals surface area (Å²) in [5.41, 5.74) is 3.71. The quantitative estimate of drug-likeness (QED) is 0.255. The molecule has 1 amide bonds. The molecule has 0 fully saturated rings. The van der Waals surface area contributed by atoms with E-state index in [9.17, 15) is 14.7 Å². The Balaban J connectivity index is 1.64. The van der Waals surface area contributed by atoms with Crippen LogP contribution >= 0.6 is 0 Å². The van der Waals surface area contributed by atoms with Gasteiger partial charge in [0, 0.05) is 51.3 Å². The van der Waals surface area contributed by atoms with Gasteiger partial charge in [0.25, 0.3) is 5.91 Å². The van der Waals surface area contributed by atoms with Crippen molar-refractivity contribution < 1.29 is 19.4 Å². The van der Waals surface area contributed by atoms with Crippen LogP contribution in [0.3, 0.4) is 0 Å². The van der Waals surface area contributed by atoms with Gasteiger partial charge in [-0.2, -0.15) is 5.10 Å². The Morgan fingerprint density at radius 2 is 1.83 bits per heavy atom. The summed E-state index contributed by atoms with van der Waals surface area (Å²) < 4.78 is 9.75. The number of amides is 1. The molecular weight excluding hydrogens is 476 g/mol. The lowest BCUT2D eigenvalue weighted by Crippen LogP contribution is -2.22. The fraction of sp³-hybridized carbons (Fsp3) is 0.320. The van der Waals surface area contributed by atoms with Crippen molar-refractivity contribution in [3.63, 3.8) is 0 Å². The number of hydrogen-bond acceptors (Lipinski definition) is 6. The molecule has 0 atom stereocenters. The Bertz CT molecular complexity index is 1440. The zero-order valence-corrected chi connectivity index (χ0v) is 22.1. The molecule has 0 unspecified atom stereocenters. The first kappa shape index (κ1) is 25.3. The van der Waals surface area contributed by atoms with E-state index < -0.39 is 20.0 Å². The Labute approximate surface area is 210 Å². The fourth-order valence-electron chi connectivity index (χ4n) is 3.70. The molecule has 0 bridgehead atoms. The van der Waals surface area contributed by atoms with Crippen LogP contribution in [-0.4, -0.2) is 56.0 Å². The number of carboxylic acids is 1. The summed E-state index contributed by atoms with van der Waals surface area (Å²) in [4.78, 5) is 32.9. The van der Waals surface area contributed by atoms with Gasteiger partial charge in [0.05, 0.1) is 34.4 Å². The van der Waals surface area contributed by atoms with Crippen LogP contribution in [0.5, 0.6) is 0 Å².